The SMILES string of the molecule is CCN(CC)C(C)CNS(=O)(=O)Cc1cccc(C)c1. The number of hydrogen-bond donors (Lipinski definition) is 1. The molecule has 114 valence electrons. The van der Waals surface area contributed by atoms with Gasteiger partial charge in [0.15, 0.2) is 0 Å². The van der Waals surface area contributed by atoms with E-state index < -0.39 is 10.0 Å². The van der Waals surface area contributed by atoms with E-state index >= 15 is 0 Å². The lowest BCUT2D eigenvalue weighted by molar-refractivity contribution is 0.232. The molecule has 0 aliphatic heterocycles. The molecule has 0 aliphatic rings. The Morgan fingerprint density at radius 3 is 2.45 bits per heavy atom. The number of rotatable bonds is 8. The monoisotopic (exact) mass is 298 g/mol. The van der Waals surface area contributed by atoms with Gasteiger partial charge in [0.2, 0.25) is 10.0 Å². The van der Waals surface area contributed by atoms with Crippen molar-refractivity contribution in [3.8, 4) is 0 Å². The van der Waals surface area contributed by atoms with E-state index in [0.29, 0.717) is 6.54 Å². The molecule has 1 unspecified atom stereocenters. The third-order valence-corrected chi connectivity index (χ3v) is 4.79. The molecule has 1 N–H and O–H groups in total. The summed E-state index contributed by atoms with van der Waals surface area (Å²) in [6.07, 6.45) is 0. The van der Waals surface area contributed by atoms with E-state index in [0.717, 1.165) is 24.2 Å². The molecule has 4 nitrogen and oxygen atoms in total. The van der Waals surface area contributed by atoms with Crippen molar-refractivity contribution < 1.29 is 8.42 Å². The molecule has 0 spiro atoms. The summed E-state index contributed by atoms with van der Waals surface area (Å²) in [7, 11) is -3.27. The van der Waals surface area contributed by atoms with Crippen LogP contribution in [0.5, 0.6) is 0 Å². The first-order valence-electron chi connectivity index (χ1n) is 7.15. The Morgan fingerprint density at radius 2 is 1.90 bits per heavy atom. The third-order valence-electron chi connectivity index (χ3n) is 3.47. The molecule has 0 fully saturated rings. The summed E-state index contributed by atoms with van der Waals surface area (Å²) in [4.78, 5) is 2.23. The summed E-state index contributed by atoms with van der Waals surface area (Å²) in [6.45, 7) is 10.5. The lowest BCUT2D eigenvalue weighted by Crippen LogP contribution is -2.42. The number of aryl methyl sites for hydroxylation is 1. The normalized spacial score (nSPS) is 13.7. The third kappa shape index (κ3) is 5.61. The summed E-state index contributed by atoms with van der Waals surface area (Å²) in [6, 6.07) is 7.81. The van der Waals surface area contributed by atoms with Crippen LogP contribution in [0.2, 0.25) is 0 Å². The molecule has 0 aromatic heterocycles. The first-order chi connectivity index (χ1) is 9.38. The zero-order chi connectivity index (χ0) is 15.2. The number of likely N-dealkylation sites (N-methyl/N-ethyl adjacent to an activating group) is 1. The fourth-order valence-electron chi connectivity index (χ4n) is 2.30. The summed E-state index contributed by atoms with van der Waals surface area (Å²) in [5.41, 5.74) is 1.90. The predicted octanol–water partition coefficient (Wildman–Crippen LogP) is 2.14. The average molecular weight is 298 g/mol. The molecule has 20 heavy (non-hydrogen) atoms. The molecule has 0 amide bonds. The van der Waals surface area contributed by atoms with Crippen LogP contribution in [0.25, 0.3) is 0 Å². The lowest BCUT2D eigenvalue weighted by atomic mass is 10.2. The first kappa shape index (κ1) is 17.1. The highest BCUT2D eigenvalue weighted by molar-refractivity contribution is 7.88. The maximum absolute atomic E-state index is 12.1. The molecule has 5 heteroatoms. The molecular formula is C15H26N2O2S. The molecule has 1 atom stereocenters. The second kappa shape index (κ2) is 7.76. The quantitative estimate of drug-likeness (QED) is 0.800. The van der Waals surface area contributed by atoms with E-state index in [1.165, 1.54) is 0 Å². The van der Waals surface area contributed by atoms with E-state index in [2.05, 4.69) is 23.5 Å². The van der Waals surface area contributed by atoms with E-state index in [1.807, 2.05) is 38.1 Å². The van der Waals surface area contributed by atoms with Crippen molar-refractivity contribution in [3.05, 3.63) is 35.4 Å². The Kier molecular flexibility index (Phi) is 6.65. The van der Waals surface area contributed by atoms with Gasteiger partial charge in [0.05, 0.1) is 5.75 Å². The van der Waals surface area contributed by atoms with Crippen LogP contribution in [0.15, 0.2) is 24.3 Å². The largest absolute Gasteiger partial charge is 0.300 e. The molecule has 0 bridgehead atoms. The number of sulfonamides is 1. The standard InChI is InChI=1S/C15H26N2O2S/c1-5-17(6-2)14(4)11-16-20(18,19)12-15-9-7-8-13(3)10-15/h7-10,14,16H,5-6,11-12H2,1-4H3. The molecule has 0 aliphatic carbocycles. The van der Waals surface area contributed by atoms with Crippen LogP contribution in [0.4, 0.5) is 0 Å². The molecule has 1 aromatic rings. The first-order valence-corrected chi connectivity index (χ1v) is 8.80. The highest BCUT2D eigenvalue weighted by Gasteiger charge is 2.15. The van der Waals surface area contributed by atoms with Crippen molar-refractivity contribution in [1.29, 1.82) is 0 Å². The van der Waals surface area contributed by atoms with Crippen LogP contribution in [0, 0.1) is 6.92 Å². The lowest BCUT2D eigenvalue weighted by Gasteiger charge is -2.26. The Hall–Kier alpha value is -0.910. The van der Waals surface area contributed by atoms with Crippen LogP contribution in [-0.4, -0.2) is 39.0 Å². The number of hydrogen-bond acceptors (Lipinski definition) is 3. The maximum atomic E-state index is 12.1. The Balaban J connectivity index is 2.58. The van der Waals surface area contributed by atoms with Crippen molar-refractivity contribution in [1.82, 2.24) is 9.62 Å². The average Bonchev–Trinajstić information content (AvgIpc) is 2.37. The topological polar surface area (TPSA) is 49.4 Å². The molecule has 0 saturated heterocycles. The van der Waals surface area contributed by atoms with Crippen molar-refractivity contribution in [3.63, 3.8) is 0 Å². The van der Waals surface area contributed by atoms with Crippen LogP contribution >= 0.6 is 0 Å². The van der Waals surface area contributed by atoms with Gasteiger partial charge in [-0.1, -0.05) is 43.7 Å². The van der Waals surface area contributed by atoms with Gasteiger partial charge >= 0.3 is 0 Å². The highest BCUT2D eigenvalue weighted by atomic mass is 32.2. The number of nitrogens with one attached hydrogen (secondary N) is 1. The van der Waals surface area contributed by atoms with E-state index in [4.69, 9.17) is 0 Å². The summed E-state index contributed by atoms with van der Waals surface area (Å²) < 4.78 is 26.9. The number of nitrogens with zero attached hydrogens (tertiary/aromatic N) is 1. The minimum atomic E-state index is -3.27. The van der Waals surface area contributed by atoms with E-state index in [1.54, 1.807) is 0 Å². The predicted molar refractivity (Wildman–Crippen MR) is 84.2 cm³/mol. The smallest absolute Gasteiger partial charge is 0.215 e. The van der Waals surface area contributed by atoms with Crippen molar-refractivity contribution in [2.75, 3.05) is 19.6 Å². The van der Waals surface area contributed by atoms with Crippen LogP contribution in [0.3, 0.4) is 0 Å². The van der Waals surface area contributed by atoms with Crippen LogP contribution in [-0.2, 0) is 15.8 Å². The van der Waals surface area contributed by atoms with Gasteiger partial charge in [0.1, 0.15) is 0 Å². The van der Waals surface area contributed by atoms with Gasteiger partial charge in [-0.3, -0.25) is 4.90 Å². The maximum Gasteiger partial charge on any atom is 0.215 e. The van der Waals surface area contributed by atoms with Gasteiger partial charge in [0, 0.05) is 12.6 Å². The molecule has 1 aromatic carbocycles. The zero-order valence-corrected chi connectivity index (χ0v) is 13.7. The van der Waals surface area contributed by atoms with E-state index in [-0.39, 0.29) is 11.8 Å². The van der Waals surface area contributed by atoms with Gasteiger partial charge in [-0.05, 0) is 32.5 Å². The Morgan fingerprint density at radius 1 is 1.25 bits per heavy atom. The molecule has 0 radical (unpaired) electrons. The fourth-order valence-corrected chi connectivity index (χ4v) is 3.51. The number of benzene rings is 1. The Labute approximate surface area is 123 Å². The van der Waals surface area contributed by atoms with Crippen molar-refractivity contribution in [2.45, 2.75) is 39.5 Å². The second-order valence-corrected chi connectivity index (χ2v) is 6.97. The van der Waals surface area contributed by atoms with Crippen molar-refractivity contribution >= 4 is 10.0 Å². The summed E-state index contributed by atoms with van der Waals surface area (Å²) in [5, 5.41) is 0. The highest BCUT2D eigenvalue weighted by Crippen LogP contribution is 2.08. The minimum Gasteiger partial charge on any atom is -0.300 e. The molecule has 0 saturated carbocycles. The minimum absolute atomic E-state index is 0.0413. The van der Waals surface area contributed by atoms with Crippen LogP contribution < -0.4 is 4.72 Å². The molecule has 0 heterocycles. The second-order valence-electron chi connectivity index (χ2n) is 5.17. The Bertz CT molecular complexity index is 510. The van der Waals surface area contributed by atoms with Crippen molar-refractivity contribution in [2.24, 2.45) is 0 Å². The summed E-state index contributed by atoms with van der Waals surface area (Å²) >= 11 is 0. The zero-order valence-electron chi connectivity index (χ0n) is 12.9. The van der Waals surface area contributed by atoms with Crippen LogP contribution in [0.1, 0.15) is 31.9 Å². The fraction of sp³-hybridized carbons (Fsp3) is 0.600. The summed E-state index contributed by atoms with van der Waals surface area (Å²) in [5.74, 6) is 0.0413. The van der Waals surface area contributed by atoms with Gasteiger partial charge < -0.3 is 0 Å². The van der Waals surface area contributed by atoms with Gasteiger partial charge in [-0.2, -0.15) is 0 Å². The molecule has 1 rings (SSSR count). The van der Waals surface area contributed by atoms with E-state index in [9.17, 15) is 8.42 Å². The van der Waals surface area contributed by atoms with Gasteiger partial charge in [-0.15, -0.1) is 0 Å². The van der Waals surface area contributed by atoms with Gasteiger partial charge in [-0.25, -0.2) is 13.1 Å². The molecular weight excluding hydrogens is 272 g/mol. The van der Waals surface area contributed by atoms with Gasteiger partial charge in [0.25, 0.3) is 0 Å².